The van der Waals surface area contributed by atoms with Gasteiger partial charge in [-0.1, -0.05) is 82.6 Å². The van der Waals surface area contributed by atoms with Crippen molar-refractivity contribution in [3.63, 3.8) is 0 Å². The van der Waals surface area contributed by atoms with Gasteiger partial charge in [-0.2, -0.15) is 0 Å². The molecule has 2 aromatic rings. The second kappa shape index (κ2) is 15.4. The SMILES string of the molecule is CCCCCCCCCCCOc1ccccc1C(Sc1cccc(C(=O)O)c1)C(O)C(=O)O. The summed E-state index contributed by atoms with van der Waals surface area (Å²) in [5.41, 5.74) is 0.669. The van der Waals surface area contributed by atoms with Crippen LogP contribution in [0.4, 0.5) is 0 Å². The summed E-state index contributed by atoms with van der Waals surface area (Å²) in [5.74, 6) is -1.88. The Morgan fingerprint density at radius 3 is 2.18 bits per heavy atom. The summed E-state index contributed by atoms with van der Waals surface area (Å²) in [4.78, 5) is 23.5. The van der Waals surface area contributed by atoms with Crippen molar-refractivity contribution in [2.75, 3.05) is 6.61 Å². The van der Waals surface area contributed by atoms with Crippen LogP contribution in [0.25, 0.3) is 0 Å². The monoisotopic (exact) mass is 488 g/mol. The number of aromatic carboxylic acids is 1. The first kappa shape index (κ1) is 27.7. The molecule has 0 spiro atoms. The van der Waals surface area contributed by atoms with Crippen LogP contribution in [0.2, 0.25) is 0 Å². The van der Waals surface area contributed by atoms with Gasteiger partial charge >= 0.3 is 11.9 Å². The predicted molar refractivity (Wildman–Crippen MR) is 135 cm³/mol. The molecule has 0 heterocycles. The zero-order chi connectivity index (χ0) is 24.8. The minimum Gasteiger partial charge on any atom is -0.493 e. The van der Waals surface area contributed by atoms with Gasteiger partial charge in [0.05, 0.1) is 17.4 Å². The number of hydrogen-bond acceptors (Lipinski definition) is 5. The fourth-order valence-corrected chi connectivity index (χ4v) is 4.93. The van der Waals surface area contributed by atoms with E-state index in [0.717, 1.165) is 24.6 Å². The zero-order valence-corrected chi connectivity index (χ0v) is 20.6. The van der Waals surface area contributed by atoms with Gasteiger partial charge < -0.3 is 20.1 Å². The smallest absolute Gasteiger partial charge is 0.335 e. The number of carbonyl (C=O) groups is 2. The third kappa shape index (κ3) is 9.39. The van der Waals surface area contributed by atoms with Crippen LogP contribution in [-0.2, 0) is 4.79 Å². The van der Waals surface area contributed by atoms with Crippen molar-refractivity contribution in [1.82, 2.24) is 0 Å². The van der Waals surface area contributed by atoms with E-state index >= 15 is 0 Å². The molecule has 0 saturated carbocycles. The molecule has 0 aliphatic carbocycles. The maximum Gasteiger partial charge on any atom is 0.335 e. The number of ether oxygens (including phenoxy) is 1. The maximum absolute atomic E-state index is 11.6. The van der Waals surface area contributed by atoms with Crippen LogP contribution in [0.1, 0.15) is 85.9 Å². The van der Waals surface area contributed by atoms with Gasteiger partial charge in [0.2, 0.25) is 0 Å². The summed E-state index contributed by atoms with van der Waals surface area (Å²) in [6, 6.07) is 13.4. The number of rotatable bonds is 17. The summed E-state index contributed by atoms with van der Waals surface area (Å²) in [6.07, 6.45) is 9.18. The van der Waals surface area contributed by atoms with Gasteiger partial charge in [-0.3, -0.25) is 0 Å². The van der Waals surface area contributed by atoms with Gasteiger partial charge in [0.25, 0.3) is 0 Å². The van der Waals surface area contributed by atoms with Crippen molar-refractivity contribution in [2.45, 2.75) is 81.0 Å². The molecule has 2 rings (SSSR count). The van der Waals surface area contributed by atoms with Crippen LogP contribution in [0.3, 0.4) is 0 Å². The molecular formula is C27H36O6S. The fourth-order valence-electron chi connectivity index (χ4n) is 3.72. The van der Waals surface area contributed by atoms with Crippen molar-refractivity contribution in [1.29, 1.82) is 0 Å². The Morgan fingerprint density at radius 2 is 1.53 bits per heavy atom. The number of carboxylic acid groups (broad SMARTS) is 2. The van der Waals surface area contributed by atoms with Gasteiger partial charge in [-0.15, -0.1) is 11.8 Å². The second-order valence-corrected chi connectivity index (χ2v) is 9.58. The molecule has 0 fully saturated rings. The lowest BCUT2D eigenvalue weighted by atomic mass is 10.1. The molecule has 3 N–H and O–H groups in total. The summed E-state index contributed by atoms with van der Waals surface area (Å²) in [5, 5.41) is 28.3. The number of unbranched alkanes of at least 4 members (excludes halogenated alkanes) is 8. The molecular weight excluding hydrogens is 452 g/mol. The van der Waals surface area contributed by atoms with Crippen molar-refractivity contribution >= 4 is 23.7 Å². The topological polar surface area (TPSA) is 104 Å². The third-order valence-corrected chi connectivity index (χ3v) is 6.91. The van der Waals surface area contributed by atoms with Crippen LogP contribution >= 0.6 is 11.8 Å². The number of hydrogen-bond donors (Lipinski definition) is 3. The largest absolute Gasteiger partial charge is 0.493 e. The average molecular weight is 489 g/mol. The Labute approximate surface area is 206 Å². The van der Waals surface area contributed by atoms with Crippen molar-refractivity contribution in [3.05, 3.63) is 59.7 Å². The number of thioether (sulfide) groups is 1. The molecule has 6 nitrogen and oxygen atoms in total. The van der Waals surface area contributed by atoms with E-state index in [1.54, 1.807) is 30.3 Å². The highest BCUT2D eigenvalue weighted by atomic mass is 32.2. The molecule has 7 heteroatoms. The highest BCUT2D eigenvalue weighted by molar-refractivity contribution is 7.99. The molecule has 2 aromatic carbocycles. The first-order valence-electron chi connectivity index (χ1n) is 12.1. The Morgan fingerprint density at radius 1 is 0.882 bits per heavy atom. The molecule has 186 valence electrons. The van der Waals surface area contributed by atoms with Crippen LogP contribution in [0.15, 0.2) is 53.4 Å². The number of aliphatic hydroxyl groups is 1. The van der Waals surface area contributed by atoms with E-state index < -0.39 is 23.3 Å². The molecule has 0 saturated heterocycles. The first-order chi connectivity index (χ1) is 16.4. The summed E-state index contributed by atoms with van der Waals surface area (Å²) < 4.78 is 6.00. The minimum atomic E-state index is -1.68. The second-order valence-electron chi connectivity index (χ2n) is 8.37. The molecule has 2 unspecified atom stereocenters. The van der Waals surface area contributed by atoms with E-state index in [9.17, 15) is 24.9 Å². The van der Waals surface area contributed by atoms with E-state index in [1.807, 2.05) is 6.07 Å². The molecule has 0 aliphatic heterocycles. The van der Waals surface area contributed by atoms with Crippen LogP contribution in [0.5, 0.6) is 5.75 Å². The molecule has 0 aliphatic rings. The molecule has 0 radical (unpaired) electrons. The van der Waals surface area contributed by atoms with Gasteiger partial charge in [0.15, 0.2) is 6.10 Å². The lowest BCUT2D eigenvalue weighted by Crippen LogP contribution is -2.26. The molecule has 0 bridgehead atoms. The third-order valence-electron chi connectivity index (χ3n) is 5.61. The van der Waals surface area contributed by atoms with Crippen molar-refractivity contribution < 1.29 is 29.6 Å². The van der Waals surface area contributed by atoms with Crippen LogP contribution in [-0.4, -0.2) is 40.0 Å². The van der Waals surface area contributed by atoms with E-state index in [4.69, 9.17) is 4.74 Å². The predicted octanol–water partition coefficient (Wildman–Crippen LogP) is 6.57. The maximum atomic E-state index is 11.6. The van der Waals surface area contributed by atoms with E-state index in [2.05, 4.69) is 6.92 Å². The van der Waals surface area contributed by atoms with Gasteiger partial charge in [-0.25, -0.2) is 9.59 Å². The standard InChI is InChI=1S/C27H36O6S/c1-2-3-4-5-6-7-8-9-12-18-33-23-17-11-10-16-22(23)25(24(28)27(31)32)34-21-15-13-14-20(19-21)26(29)30/h10-11,13-17,19,24-25,28H,2-9,12,18H2,1H3,(H,29,30)(H,31,32). The van der Waals surface area contributed by atoms with E-state index in [0.29, 0.717) is 22.8 Å². The van der Waals surface area contributed by atoms with Crippen LogP contribution < -0.4 is 4.74 Å². The number of aliphatic hydroxyl groups excluding tert-OH is 1. The summed E-state index contributed by atoms with van der Waals surface area (Å²) in [7, 11) is 0. The van der Waals surface area contributed by atoms with Gasteiger partial charge in [0, 0.05) is 10.5 Å². The zero-order valence-electron chi connectivity index (χ0n) is 19.8. The Kier molecular flexibility index (Phi) is 12.6. The first-order valence-corrected chi connectivity index (χ1v) is 12.9. The number of benzene rings is 2. The van der Waals surface area contributed by atoms with E-state index in [1.165, 1.54) is 57.1 Å². The average Bonchev–Trinajstić information content (AvgIpc) is 2.83. The summed E-state index contributed by atoms with van der Waals surface area (Å²) >= 11 is 1.11. The van der Waals surface area contributed by atoms with Crippen molar-refractivity contribution in [2.24, 2.45) is 0 Å². The molecule has 2 atom stereocenters. The molecule has 34 heavy (non-hydrogen) atoms. The normalized spacial score (nSPS) is 12.8. The Bertz CT molecular complexity index is 900. The van der Waals surface area contributed by atoms with Crippen LogP contribution in [0, 0.1) is 0 Å². The Hall–Kier alpha value is -2.51. The molecule has 0 aromatic heterocycles. The Balaban J connectivity index is 2.00. The van der Waals surface area contributed by atoms with Gasteiger partial charge in [-0.05, 0) is 30.7 Å². The van der Waals surface area contributed by atoms with E-state index in [-0.39, 0.29) is 5.56 Å². The fraction of sp³-hybridized carbons (Fsp3) is 0.481. The minimum absolute atomic E-state index is 0.100. The number of aliphatic carboxylic acids is 1. The highest BCUT2D eigenvalue weighted by Gasteiger charge is 2.31. The van der Waals surface area contributed by atoms with Gasteiger partial charge in [0.1, 0.15) is 5.75 Å². The van der Waals surface area contributed by atoms with Crippen molar-refractivity contribution in [3.8, 4) is 5.75 Å². The summed E-state index contributed by atoms with van der Waals surface area (Å²) in [6.45, 7) is 2.74. The lowest BCUT2D eigenvalue weighted by Gasteiger charge is -2.23. The number of carboxylic acids is 2. The number of para-hydroxylation sites is 1. The quantitative estimate of drug-likeness (QED) is 0.171. The lowest BCUT2D eigenvalue weighted by molar-refractivity contribution is -0.146. The highest BCUT2D eigenvalue weighted by Crippen LogP contribution is 2.42. The molecule has 0 amide bonds.